The van der Waals surface area contributed by atoms with E-state index in [1.54, 1.807) is 54.0 Å². The third-order valence-corrected chi connectivity index (χ3v) is 15.9. The van der Waals surface area contributed by atoms with Gasteiger partial charge < -0.3 is 28.7 Å². The van der Waals surface area contributed by atoms with E-state index in [-0.39, 0.29) is 47.8 Å². The van der Waals surface area contributed by atoms with E-state index in [1.165, 1.54) is 12.7 Å². The Balaban J connectivity index is 0.00000188. The predicted octanol–water partition coefficient (Wildman–Crippen LogP) is 12.3. The first-order chi connectivity index (χ1) is 35.2. The number of benzene rings is 5. The maximum absolute atomic E-state index is 14.5. The van der Waals surface area contributed by atoms with Gasteiger partial charge in [-0.25, -0.2) is 10.1 Å². The van der Waals surface area contributed by atoms with Gasteiger partial charge in [0.2, 0.25) is 5.91 Å². The number of para-hydroxylation sites is 2. The summed E-state index contributed by atoms with van der Waals surface area (Å²) < 4.78 is 24.7. The number of aryl methyl sites for hydroxylation is 1. The zero-order valence-corrected chi connectivity index (χ0v) is 45.0. The first-order valence-corrected chi connectivity index (χ1v) is 26.9. The quantitative estimate of drug-likeness (QED) is 0.0363. The second kappa shape index (κ2) is 24.6. The molecule has 5 aromatic rings. The Morgan fingerprint density at radius 1 is 0.849 bits per heavy atom. The first-order valence-electron chi connectivity index (χ1n) is 24.4. The minimum atomic E-state index is -0.192. The highest BCUT2D eigenvalue weighted by atomic mass is 33.1. The molecule has 8 rings (SSSR count). The van der Waals surface area contributed by atoms with Crippen LogP contribution in [0.5, 0.6) is 23.0 Å². The Hall–Kier alpha value is -6.30. The molecule has 5 aromatic carbocycles. The van der Waals surface area contributed by atoms with E-state index in [4.69, 9.17) is 29.2 Å². The molecule has 3 aliphatic rings. The highest BCUT2D eigenvalue weighted by Crippen LogP contribution is 2.43. The Bertz CT molecular complexity index is 2870. The van der Waals surface area contributed by atoms with Crippen molar-refractivity contribution in [1.82, 2.24) is 0 Å². The fraction of sp³-hybridized carbons (Fsp3) is 0.368. The lowest BCUT2D eigenvalue weighted by atomic mass is 10.0. The number of hydrogen-bond donors (Lipinski definition) is 1. The fourth-order valence-electron chi connectivity index (χ4n) is 9.44. The van der Waals surface area contributed by atoms with E-state index in [0.29, 0.717) is 59.2 Å². The molecule has 3 aliphatic heterocycles. The summed E-state index contributed by atoms with van der Waals surface area (Å²) >= 11 is 0. The Morgan fingerprint density at radius 2 is 1.47 bits per heavy atom. The van der Waals surface area contributed by atoms with Crippen LogP contribution in [0.25, 0.3) is 0 Å². The molecular formula is C57H66N4O10S2. The van der Waals surface area contributed by atoms with Gasteiger partial charge in [0.1, 0.15) is 13.2 Å². The number of carbonyl (C=O) groups excluding carboxylic acids is 3. The summed E-state index contributed by atoms with van der Waals surface area (Å²) in [7, 11) is 7.82. The highest BCUT2D eigenvalue weighted by molar-refractivity contribution is 8.76. The molecule has 0 bridgehead atoms. The predicted molar refractivity (Wildman–Crippen MR) is 293 cm³/mol. The van der Waals surface area contributed by atoms with Crippen molar-refractivity contribution in [3.63, 3.8) is 0 Å². The molecule has 0 saturated heterocycles. The molecule has 2 unspecified atom stereocenters. The standard InChI is InChI=1S/C56H62N4O7S2.CH4O3/c1-10-35(3)22-42-27-39-16-12-14-18-47(39)59(42)54(62)44-29-49(64-7)51(23-36(44)4)66-33-37-24-38(26-41(25-37)58(11-2)53(61)20-21-56(5,6)69-68-9)34-67-52-31-46-45(30-50(52)65-8)55(63)60-43(32-57-46)28-40-17-13-15-19-48(40)60;1-3-4-2/h12-19,22-26,29-32,42-43H,10-11,20-21,27-28,33-34H2,1-9H3;2H,1H3/b35-22+;. The summed E-state index contributed by atoms with van der Waals surface area (Å²) in [5.74, 6) is 1.54. The summed E-state index contributed by atoms with van der Waals surface area (Å²) in [6.45, 7) is 13.2. The molecule has 0 radical (unpaired) electrons. The lowest BCUT2D eigenvalue weighted by Crippen LogP contribution is -2.37. The van der Waals surface area contributed by atoms with E-state index in [0.717, 1.165) is 64.1 Å². The van der Waals surface area contributed by atoms with E-state index < -0.39 is 0 Å². The van der Waals surface area contributed by atoms with Crippen LogP contribution in [0.2, 0.25) is 0 Å². The van der Waals surface area contributed by atoms with Gasteiger partial charge in [-0.3, -0.25) is 24.3 Å². The average Bonchev–Trinajstić information content (AvgIpc) is 3.92. The summed E-state index contributed by atoms with van der Waals surface area (Å²) in [5.41, 5.74) is 9.84. The minimum Gasteiger partial charge on any atom is -0.493 e. The van der Waals surface area contributed by atoms with Crippen LogP contribution in [-0.2, 0) is 40.8 Å². The van der Waals surface area contributed by atoms with Gasteiger partial charge in [0.15, 0.2) is 23.0 Å². The molecule has 73 heavy (non-hydrogen) atoms. The summed E-state index contributed by atoms with van der Waals surface area (Å²) in [6, 6.07) is 28.8. The number of ether oxygens (including phenoxy) is 4. The summed E-state index contributed by atoms with van der Waals surface area (Å²) in [6.07, 6.45) is 9.56. The SMILES string of the molecule is CC/C(C)=C/C1Cc2ccccc2N1C(=O)c1cc(OC)c(OCc2cc(COc3cc4c(cc3OC)C(=O)N3c5ccccc5CC3C=N4)cc(N(CC)C(=O)CCC(C)(C)SSC)c2)cc1C.COOO. The number of amides is 3. The second-order valence-corrected chi connectivity index (χ2v) is 21.7. The van der Waals surface area contributed by atoms with Gasteiger partial charge in [-0.15, -0.1) is 0 Å². The molecule has 14 nitrogen and oxygen atoms in total. The summed E-state index contributed by atoms with van der Waals surface area (Å²) in [5, 5.41) is 10.2. The van der Waals surface area contributed by atoms with Crippen molar-refractivity contribution < 1.29 is 48.5 Å². The van der Waals surface area contributed by atoms with E-state index in [1.807, 2.05) is 101 Å². The molecule has 0 aromatic heterocycles. The van der Waals surface area contributed by atoms with Crippen molar-refractivity contribution in [2.24, 2.45) is 4.99 Å². The number of carbonyl (C=O) groups is 3. The number of fused-ring (bicyclic) bond motifs is 5. The molecule has 3 heterocycles. The number of allylic oxidation sites excluding steroid dienone is 1. The van der Waals surface area contributed by atoms with Crippen molar-refractivity contribution in [1.29, 1.82) is 0 Å². The van der Waals surface area contributed by atoms with Crippen LogP contribution < -0.4 is 33.6 Å². The van der Waals surface area contributed by atoms with Gasteiger partial charge >= 0.3 is 0 Å². The second-order valence-electron chi connectivity index (χ2n) is 18.6. The molecule has 1 N–H and O–H groups in total. The largest absolute Gasteiger partial charge is 0.493 e. The summed E-state index contributed by atoms with van der Waals surface area (Å²) in [4.78, 5) is 56.6. The molecule has 0 aliphatic carbocycles. The van der Waals surface area contributed by atoms with Crippen LogP contribution in [0.15, 0.2) is 108 Å². The molecule has 2 atom stereocenters. The number of methoxy groups -OCH3 is 2. The van der Waals surface area contributed by atoms with Gasteiger partial charge in [-0.2, -0.15) is 0 Å². The van der Waals surface area contributed by atoms with Crippen molar-refractivity contribution in [3.8, 4) is 23.0 Å². The van der Waals surface area contributed by atoms with Crippen LogP contribution in [0.3, 0.4) is 0 Å². The van der Waals surface area contributed by atoms with Crippen LogP contribution in [0.4, 0.5) is 22.7 Å². The van der Waals surface area contributed by atoms with E-state index >= 15 is 0 Å². The van der Waals surface area contributed by atoms with Crippen molar-refractivity contribution in [3.05, 3.63) is 142 Å². The zero-order chi connectivity index (χ0) is 52.4. The van der Waals surface area contributed by atoms with Gasteiger partial charge in [0.25, 0.3) is 11.8 Å². The molecule has 0 fully saturated rings. The number of rotatable bonds is 19. The minimum absolute atomic E-state index is 0.0241. The van der Waals surface area contributed by atoms with Crippen molar-refractivity contribution in [2.75, 3.05) is 48.8 Å². The third kappa shape index (κ3) is 12.6. The maximum Gasteiger partial charge on any atom is 0.261 e. The number of hydrogen-bond acceptors (Lipinski definition) is 13. The Labute approximate surface area is 436 Å². The number of aliphatic imine (C=N–C) groups is 1. The molecule has 0 saturated carbocycles. The van der Waals surface area contributed by atoms with E-state index in [9.17, 15) is 14.4 Å². The van der Waals surface area contributed by atoms with Crippen molar-refractivity contribution >= 4 is 68.3 Å². The highest BCUT2D eigenvalue weighted by Gasteiger charge is 2.37. The maximum atomic E-state index is 14.5. The lowest BCUT2D eigenvalue weighted by molar-refractivity contribution is -0.479. The molecule has 16 heteroatoms. The molecule has 0 spiro atoms. The Kier molecular flexibility index (Phi) is 18.4. The zero-order valence-electron chi connectivity index (χ0n) is 43.4. The van der Waals surface area contributed by atoms with Gasteiger partial charge in [0.05, 0.1) is 44.7 Å². The fourth-order valence-corrected chi connectivity index (χ4v) is 11.7. The van der Waals surface area contributed by atoms with Crippen LogP contribution >= 0.6 is 21.6 Å². The monoisotopic (exact) mass is 1030 g/mol. The molecule has 386 valence electrons. The van der Waals surface area contributed by atoms with Crippen LogP contribution in [-0.4, -0.2) is 80.2 Å². The normalized spacial score (nSPS) is 15.6. The number of anilines is 3. The van der Waals surface area contributed by atoms with Crippen molar-refractivity contribution in [2.45, 2.75) is 104 Å². The van der Waals surface area contributed by atoms with Gasteiger partial charge in [-0.1, -0.05) is 81.6 Å². The van der Waals surface area contributed by atoms with Crippen LogP contribution in [0.1, 0.15) is 102 Å². The first kappa shape index (κ1) is 54.5. The lowest BCUT2D eigenvalue weighted by Gasteiger charge is -2.26. The van der Waals surface area contributed by atoms with Gasteiger partial charge in [-0.05, 0) is 136 Å². The molecule has 3 amide bonds. The Morgan fingerprint density at radius 3 is 2.08 bits per heavy atom. The topological polar surface area (TPSA) is 149 Å². The molecular weight excluding hydrogens is 965 g/mol. The van der Waals surface area contributed by atoms with Gasteiger partial charge in [0, 0.05) is 59.0 Å². The van der Waals surface area contributed by atoms with E-state index in [2.05, 4.69) is 56.0 Å². The van der Waals surface area contributed by atoms with Crippen LogP contribution in [0, 0.1) is 6.92 Å². The average molecular weight is 1030 g/mol. The smallest absolute Gasteiger partial charge is 0.261 e. The third-order valence-electron chi connectivity index (χ3n) is 13.2. The number of nitrogens with zero attached hydrogens (tertiary/aromatic N) is 4.